The van der Waals surface area contributed by atoms with Gasteiger partial charge in [-0.2, -0.15) is 0 Å². The van der Waals surface area contributed by atoms with Gasteiger partial charge in [-0.1, -0.05) is 42.5 Å². The number of nitrogens with zero attached hydrogens (tertiary/aromatic N) is 1. The molecule has 0 saturated heterocycles. The Balaban J connectivity index is 1.52. The number of methoxy groups -OCH3 is 1. The van der Waals surface area contributed by atoms with Gasteiger partial charge in [0.25, 0.3) is 0 Å². The zero-order valence-electron chi connectivity index (χ0n) is 19.2. The Labute approximate surface area is 193 Å². The van der Waals surface area contributed by atoms with Crippen LogP contribution in [0.25, 0.3) is 28.1 Å². The number of urea groups is 1. The van der Waals surface area contributed by atoms with E-state index >= 15 is 0 Å². The van der Waals surface area contributed by atoms with Gasteiger partial charge < -0.3 is 19.8 Å². The summed E-state index contributed by atoms with van der Waals surface area (Å²) in [6.07, 6.45) is 0. The van der Waals surface area contributed by atoms with E-state index in [2.05, 4.69) is 22.2 Å². The molecule has 0 unspecified atom stereocenters. The monoisotopic (exact) mass is 441 g/mol. The maximum atomic E-state index is 12.8. The number of rotatable bonds is 6. The second-order valence-corrected chi connectivity index (χ2v) is 8.47. The average Bonchev–Trinajstić information content (AvgIpc) is 3.22. The molecule has 0 aliphatic carbocycles. The number of hydrogen-bond donors (Lipinski definition) is 2. The molecule has 168 valence electrons. The first kappa shape index (κ1) is 22.1. The second-order valence-electron chi connectivity index (χ2n) is 8.47. The van der Waals surface area contributed by atoms with Crippen molar-refractivity contribution in [3.05, 3.63) is 84.4 Å². The molecule has 2 N–H and O–H groups in total. The highest BCUT2D eigenvalue weighted by molar-refractivity contribution is 5.92. The van der Waals surface area contributed by atoms with E-state index in [-0.39, 0.29) is 6.03 Å². The van der Waals surface area contributed by atoms with Crippen LogP contribution in [-0.4, -0.2) is 18.1 Å². The van der Waals surface area contributed by atoms with E-state index in [1.165, 1.54) is 0 Å². The van der Waals surface area contributed by atoms with Gasteiger partial charge in [0.2, 0.25) is 5.89 Å². The summed E-state index contributed by atoms with van der Waals surface area (Å²) in [7, 11) is 1.61. The Morgan fingerprint density at radius 1 is 1.06 bits per heavy atom. The van der Waals surface area contributed by atoms with Crippen molar-refractivity contribution in [3.63, 3.8) is 0 Å². The maximum absolute atomic E-state index is 12.8. The minimum Gasteiger partial charge on any atom is -0.496 e. The van der Waals surface area contributed by atoms with Gasteiger partial charge in [-0.05, 0) is 62.2 Å². The fourth-order valence-corrected chi connectivity index (χ4v) is 3.63. The van der Waals surface area contributed by atoms with E-state index in [0.717, 1.165) is 22.3 Å². The first-order chi connectivity index (χ1) is 15.8. The molecule has 2 amide bonds. The van der Waals surface area contributed by atoms with E-state index in [4.69, 9.17) is 9.15 Å². The van der Waals surface area contributed by atoms with E-state index < -0.39 is 5.54 Å². The normalized spacial score (nSPS) is 11.3. The Morgan fingerprint density at radius 2 is 1.85 bits per heavy atom. The van der Waals surface area contributed by atoms with Crippen LogP contribution in [0.3, 0.4) is 0 Å². The van der Waals surface area contributed by atoms with E-state index in [1.807, 2.05) is 75.4 Å². The fourth-order valence-electron chi connectivity index (χ4n) is 3.63. The molecule has 6 nitrogen and oxygen atoms in total. The Morgan fingerprint density at radius 3 is 2.61 bits per heavy atom. The smallest absolute Gasteiger partial charge is 0.319 e. The van der Waals surface area contributed by atoms with Crippen molar-refractivity contribution < 1.29 is 13.9 Å². The van der Waals surface area contributed by atoms with Gasteiger partial charge in [-0.3, -0.25) is 0 Å². The first-order valence-electron chi connectivity index (χ1n) is 10.7. The zero-order valence-corrected chi connectivity index (χ0v) is 19.2. The number of oxazole rings is 1. The van der Waals surface area contributed by atoms with Crippen LogP contribution in [0.4, 0.5) is 10.5 Å². The van der Waals surface area contributed by atoms with Crippen molar-refractivity contribution >= 4 is 28.4 Å². The van der Waals surface area contributed by atoms with Crippen molar-refractivity contribution in [3.8, 4) is 17.2 Å². The summed E-state index contributed by atoms with van der Waals surface area (Å²) in [6.45, 7) is 9.89. The van der Waals surface area contributed by atoms with Crippen LogP contribution in [0.2, 0.25) is 0 Å². The molecule has 3 aromatic carbocycles. The lowest BCUT2D eigenvalue weighted by Crippen LogP contribution is -2.43. The van der Waals surface area contributed by atoms with Gasteiger partial charge in [0, 0.05) is 11.8 Å². The lowest BCUT2D eigenvalue weighted by atomic mass is 9.92. The quantitative estimate of drug-likeness (QED) is 0.354. The molecule has 33 heavy (non-hydrogen) atoms. The number of carbonyl (C=O) groups is 1. The van der Waals surface area contributed by atoms with Crippen molar-refractivity contribution in [2.24, 2.45) is 0 Å². The molecule has 1 heterocycles. The predicted octanol–water partition coefficient (Wildman–Crippen LogP) is 6.59. The summed E-state index contributed by atoms with van der Waals surface area (Å²) in [4.78, 5) is 17.3. The number of fused-ring (bicyclic) bond motifs is 1. The Kier molecular flexibility index (Phi) is 5.92. The summed E-state index contributed by atoms with van der Waals surface area (Å²) in [5.74, 6) is 1.14. The minimum atomic E-state index is -0.580. The number of anilines is 1. The molecule has 0 radical (unpaired) electrons. The van der Waals surface area contributed by atoms with Gasteiger partial charge in [0.05, 0.1) is 18.2 Å². The van der Waals surface area contributed by atoms with E-state index in [1.54, 1.807) is 19.2 Å². The highest BCUT2D eigenvalue weighted by atomic mass is 16.5. The van der Waals surface area contributed by atoms with Crippen molar-refractivity contribution in [1.82, 2.24) is 10.3 Å². The summed E-state index contributed by atoms with van der Waals surface area (Å²) >= 11 is 0. The van der Waals surface area contributed by atoms with Crippen LogP contribution in [0.5, 0.6) is 5.75 Å². The van der Waals surface area contributed by atoms with E-state index in [9.17, 15) is 4.79 Å². The summed E-state index contributed by atoms with van der Waals surface area (Å²) in [5, 5.41) is 5.93. The maximum Gasteiger partial charge on any atom is 0.319 e. The molecule has 0 fully saturated rings. The van der Waals surface area contributed by atoms with Crippen molar-refractivity contribution in [1.29, 1.82) is 0 Å². The molecular weight excluding hydrogens is 414 g/mol. The third kappa shape index (κ3) is 4.75. The fraction of sp³-hybridized carbons (Fsp3) is 0.185. The number of hydrogen-bond acceptors (Lipinski definition) is 4. The SMILES string of the molecule is C=C(C)c1cccc(C(C)(C)NC(=O)Nc2ccc3nc(-c4ccccc4OC)oc3c2)c1. The highest BCUT2D eigenvalue weighted by Crippen LogP contribution is 2.32. The number of ether oxygens (including phenoxy) is 1. The minimum absolute atomic E-state index is 0.315. The van der Waals surface area contributed by atoms with Gasteiger partial charge in [0.15, 0.2) is 5.58 Å². The number of amides is 2. The van der Waals surface area contributed by atoms with Crippen LogP contribution < -0.4 is 15.4 Å². The number of aromatic nitrogens is 1. The molecule has 1 aromatic heterocycles. The molecule has 4 rings (SSSR count). The second kappa shape index (κ2) is 8.82. The summed E-state index contributed by atoms with van der Waals surface area (Å²) in [6, 6.07) is 20.6. The van der Waals surface area contributed by atoms with Gasteiger partial charge in [-0.15, -0.1) is 0 Å². The van der Waals surface area contributed by atoms with Crippen LogP contribution in [0, 0.1) is 0 Å². The number of para-hydroxylation sites is 1. The number of nitrogens with one attached hydrogen (secondary N) is 2. The first-order valence-corrected chi connectivity index (χ1v) is 10.7. The van der Waals surface area contributed by atoms with Crippen LogP contribution >= 0.6 is 0 Å². The molecule has 0 bridgehead atoms. The third-order valence-corrected chi connectivity index (χ3v) is 5.49. The molecule has 0 spiro atoms. The highest BCUT2D eigenvalue weighted by Gasteiger charge is 2.23. The molecule has 0 atom stereocenters. The largest absolute Gasteiger partial charge is 0.496 e. The average molecular weight is 442 g/mol. The molecule has 4 aromatic rings. The van der Waals surface area contributed by atoms with Crippen LogP contribution in [0.1, 0.15) is 31.9 Å². The lowest BCUT2D eigenvalue weighted by Gasteiger charge is -2.27. The van der Waals surface area contributed by atoms with E-state index in [0.29, 0.717) is 28.4 Å². The topological polar surface area (TPSA) is 76.4 Å². The van der Waals surface area contributed by atoms with Crippen LogP contribution in [0.15, 0.2) is 77.7 Å². The molecule has 6 heteroatoms. The number of allylic oxidation sites excluding steroid dienone is 1. The number of benzene rings is 3. The Bertz CT molecular complexity index is 1340. The summed E-state index contributed by atoms with van der Waals surface area (Å²) < 4.78 is 11.4. The zero-order chi connectivity index (χ0) is 23.6. The number of carbonyl (C=O) groups excluding carboxylic acids is 1. The summed E-state index contributed by atoms with van der Waals surface area (Å²) in [5.41, 5.74) is 5.07. The molecule has 0 aliphatic rings. The Hall–Kier alpha value is -4.06. The van der Waals surface area contributed by atoms with Gasteiger partial charge in [-0.25, -0.2) is 9.78 Å². The molecule has 0 saturated carbocycles. The van der Waals surface area contributed by atoms with Crippen molar-refractivity contribution in [2.75, 3.05) is 12.4 Å². The van der Waals surface area contributed by atoms with Crippen molar-refractivity contribution in [2.45, 2.75) is 26.3 Å². The van der Waals surface area contributed by atoms with Gasteiger partial charge >= 0.3 is 6.03 Å². The van der Waals surface area contributed by atoms with Crippen LogP contribution in [-0.2, 0) is 5.54 Å². The predicted molar refractivity (Wildman–Crippen MR) is 132 cm³/mol. The lowest BCUT2D eigenvalue weighted by molar-refractivity contribution is 0.242. The standard InChI is InChI=1S/C27H27N3O3/c1-17(2)18-9-8-10-19(15-18)27(3,4)30-26(31)28-20-13-14-22-24(16-20)33-25(29-22)21-11-6-7-12-23(21)32-5/h6-16H,1H2,2-5H3,(H2,28,30,31). The van der Waals surface area contributed by atoms with Gasteiger partial charge in [0.1, 0.15) is 11.3 Å². The molecule has 0 aliphatic heterocycles. The third-order valence-electron chi connectivity index (χ3n) is 5.49. The molecular formula is C27H27N3O3.